The van der Waals surface area contributed by atoms with Crippen molar-refractivity contribution in [3.63, 3.8) is 0 Å². The lowest BCUT2D eigenvalue weighted by atomic mass is 9.81. The topological polar surface area (TPSA) is 6.48 Å². The molecule has 0 unspecified atom stereocenters. The average molecular weight is 1600 g/mol. The van der Waals surface area contributed by atoms with Crippen LogP contribution in [0.5, 0.6) is 0 Å². The van der Waals surface area contributed by atoms with Gasteiger partial charge in [-0.2, -0.15) is 0 Å². The van der Waals surface area contributed by atoms with E-state index in [0.717, 1.165) is 34.1 Å². The maximum Gasteiger partial charge on any atom is 0.0540 e. The SMILES string of the molecule is c1ccc(-c2cc(-c3ccccc3)c3c4ccccc4c4cc(-c5ccc(N(c6ccccc6)c6ccc7ccccc7c6)c6ccccc56)ccc4c3c2-c2ccccc2)cc1.c1ccc(-c2cc(-c3ccccc3)c3c4ccccc4c4cc(-c5ccc(N(c6ccccc6)c6cccc7ccccc67)c6ccccc56)ccc4c3c2-c2ccccc2)cc1. The molecule has 0 N–H and O–H groups in total. The van der Waals surface area contributed by atoms with E-state index < -0.39 is 0 Å². The molecule has 24 rings (SSSR count). The second kappa shape index (κ2) is 32.1. The lowest BCUT2D eigenvalue weighted by Gasteiger charge is -2.28. The molecular weight excluding hydrogens is 1520 g/mol. The molecule has 0 aliphatic heterocycles. The Balaban J connectivity index is 0.000000145. The Labute approximate surface area is 733 Å². The zero-order chi connectivity index (χ0) is 83.4. The Morgan fingerprint density at radius 1 is 0.119 bits per heavy atom. The van der Waals surface area contributed by atoms with Gasteiger partial charge < -0.3 is 9.80 Å². The summed E-state index contributed by atoms with van der Waals surface area (Å²) < 4.78 is 0. The number of fused-ring (bicyclic) bond motifs is 16. The van der Waals surface area contributed by atoms with Crippen molar-refractivity contribution >= 4 is 142 Å². The molecule has 0 heterocycles. The van der Waals surface area contributed by atoms with Gasteiger partial charge >= 0.3 is 0 Å². The molecule has 0 amide bonds. The minimum Gasteiger partial charge on any atom is -0.310 e. The quantitative estimate of drug-likeness (QED) is 0.100. The van der Waals surface area contributed by atoms with Gasteiger partial charge in [-0.3, -0.25) is 0 Å². The molecule has 588 valence electrons. The summed E-state index contributed by atoms with van der Waals surface area (Å²) in [5.74, 6) is 0. The highest BCUT2D eigenvalue weighted by Crippen LogP contribution is 2.54. The molecule has 126 heavy (non-hydrogen) atoms. The van der Waals surface area contributed by atoms with Gasteiger partial charge in [0.05, 0.1) is 17.1 Å². The van der Waals surface area contributed by atoms with Gasteiger partial charge in [-0.25, -0.2) is 0 Å². The van der Waals surface area contributed by atoms with Crippen molar-refractivity contribution in [1.29, 1.82) is 0 Å². The van der Waals surface area contributed by atoms with Crippen molar-refractivity contribution < 1.29 is 0 Å². The highest BCUT2D eigenvalue weighted by Gasteiger charge is 2.27. The monoisotopic (exact) mass is 1600 g/mol. The fraction of sp³-hybridized carbons (Fsp3) is 0. The Morgan fingerprint density at radius 2 is 0.437 bits per heavy atom. The summed E-state index contributed by atoms with van der Waals surface area (Å²) >= 11 is 0. The Morgan fingerprint density at radius 3 is 0.881 bits per heavy atom. The van der Waals surface area contributed by atoms with E-state index in [1.807, 2.05) is 0 Å². The summed E-state index contributed by atoms with van der Waals surface area (Å²) in [5, 5.41) is 24.8. The van der Waals surface area contributed by atoms with E-state index in [2.05, 4.69) is 507 Å². The summed E-state index contributed by atoms with van der Waals surface area (Å²) in [5.41, 5.74) is 26.3. The molecule has 0 spiro atoms. The summed E-state index contributed by atoms with van der Waals surface area (Å²) in [4.78, 5) is 4.83. The van der Waals surface area contributed by atoms with Crippen molar-refractivity contribution in [2.75, 3.05) is 9.80 Å². The molecular formula is C124H82N2. The van der Waals surface area contributed by atoms with Crippen LogP contribution in [0.15, 0.2) is 497 Å². The van der Waals surface area contributed by atoms with Gasteiger partial charge in [0.25, 0.3) is 0 Å². The first-order valence-electron chi connectivity index (χ1n) is 43.5. The van der Waals surface area contributed by atoms with Gasteiger partial charge in [-0.1, -0.05) is 419 Å². The second-order valence-corrected chi connectivity index (χ2v) is 32.7. The zero-order valence-electron chi connectivity index (χ0n) is 69.2. The third-order valence-corrected chi connectivity index (χ3v) is 25.6. The summed E-state index contributed by atoms with van der Waals surface area (Å²) in [7, 11) is 0. The van der Waals surface area contributed by atoms with Crippen LogP contribution < -0.4 is 9.80 Å². The number of para-hydroxylation sites is 2. The number of nitrogens with zero attached hydrogens (tertiary/aromatic N) is 2. The van der Waals surface area contributed by atoms with E-state index in [0.29, 0.717) is 0 Å². The van der Waals surface area contributed by atoms with Crippen LogP contribution in [0.1, 0.15) is 0 Å². The molecule has 2 heteroatoms. The van der Waals surface area contributed by atoms with Crippen molar-refractivity contribution in [2.45, 2.75) is 0 Å². The Bertz CT molecular complexity index is 8270. The van der Waals surface area contributed by atoms with E-state index >= 15 is 0 Å². The van der Waals surface area contributed by atoms with Crippen molar-refractivity contribution in [1.82, 2.24) is 0 Å². The lowest BCUT2D eigenvalue weighted by Crippen LogP contribution is -2.11. The zero-order valence-corrected chi connectivity index (χ0v) is 69.2. The minimum atomic E-state index is 1.12. The molecule has 0 radical (unpaired) electrons. The highest BCUT2D eigenvalue weighted by atomic mass is 15.2. The molecule has 0 saturated heterocycles. The highest BCUT2D eigenvalue weighted by molar-refractivity contribution is 6.35. The first-order valence-corrected chi connectivity index (χ1v) is 43.5. The van der Waals surface area contributed by atoms with Gasteiger partial charge in [-0.15, -0.1) is 0 Å². The maximum atomic E-state index is 2.45. The van der Waals surface area contributed by atoms with Crippen molar-refractivity contribution in [2.24, 2.45) is 0 Å². The average Bonchev–Trinajstić information content (AvgIpc) is 0.709. The molecule has 2 nitrogen and oxygen atoms in total. The van der Waals surface area contributed by atoms with Crippen LogP contribution in [0.4, 0.5) is 34.1 Å². The molecule has 0 aromatic heterocycles. The number of benzene rings is 24. The van der Waals surface area contributed by atoms with Crippen LogP contribution >= 0.6 is 0 Å². The predicted octanol–water partition coefficient (Wildman–Crippen LogP) is 35.2. The normalized spacial score (nSPS) is 11.5. The predicted molar refractivity (Wildman–Crippen MR) is 541 cm³/mol. The first-order chi connectivity index (χ1) is 62.6. The number of anilines is 6. The first kappa shape index (κ1) is 74.5. The molecule has 0 aliphatic carbocycles. The van der Waals surface area contributed by atoms with E-state index in [1.165, 1.54) is 197 Å². The van der Waals surface area contributed by atoms with Crippen molar-refractivity contribution in [3.8, 4) is 89.0 Å². The Hall–Kier alpha value is -16.5. The van der Waals surface area contributed by atoms with Crippen LogP contribution in [0, 0.1) is 0 Å². The third kappa shape index (κ3) is 13.1. The second-order valence-electron chi connectivity index (χ2n) is 32.7. The molecule has 0 saturated carbocycles. The molecule has 24 aromatic carbocycles. The summed E-state index contributed by atoms with van der Waals surface area (Å²) in [6.07, 6.45) is 0. The van der Waals surface area contributed by atoms with Gasteiger partial charge in [0.2, 0.25) is 0 Å². The van der Waals surface area contributed by atoms with Crippen LogP contribution in [0.25, 0.3) is 197 Å². The van der Waals surface area contributed by atoms with Gasteiger partial charge in [0.15, 0.2) is 0 Å². The smallest absolute Gasteiger partial charge is 0.0540 e. The number of hydrogen-bond donors (Lipinski definition) is 0. The van der Waals surface area contributed by atoms with Gasteiger partial charge in [0.1, 0.15) is 0 Å². The van der Waals surface area contributed by atoms with Gasteiger partial charge in [-0.05, 0) is 259 Å². The molecule has 24 aromatic rings. The van der Waals surface area contributed by atoms with Crippen LogP contribution in [-0.4, -0.2) is 0 Å². The van der Waals surface area contributed by atoms with Crippen LogP contribution in [0.2, 0.25) is 0 Å². The van der Waals surface area contributed by atoms with Crippen LogP contribution in [0.3, 0.4) is 0 Å². The third-order valence-electron chi connectivity index (χ3n) is 25.6. The summed E-state index contributed by atoms with van der Waals surface area (Å²) in [6, 6.07) is 182. The molecule has 0 atom stereocenters. The van der Waals surface area contributed by atoms with E-state index in [9.17, 15) is 0 Å². The van der Waals surface area contributed by atoms with E-state index in [1.54, 1.807) is 0 Å². The minimum absolute atomic E-state index is 1.12. The standard InChI is InChI=1S/2C62H41N/c1-5-20-43(21-6-1)55-41-56(44-22-7-2-8-23-44)61-53-34-18-16-32-51(53)57-40-46(36-37-54(57)62(61)60(55)45-25-9-3-10-26-45)48-38-39-59(52-33-17-15-31-50(48)52)63(47-28-11-4-12-29-47)58-35-19-27-42-24-13-14-30-49(42)58;1-5-20-43(21-6-1)56-41-57(44-22-7-2-8-23-44)61-54-32-18-16-30-52(54)58-40-47(34-36-55(58)62(61)60(56)45-24-9-3-10-25-45)50-37-38-59(53-31-17-15-29-51(50)53)63(48-27-11-4-12-28-48)49-35-33-42-19-13-14-26-46(42)39-49/h2*1-41H. The van der Waals surface area contributed by atoms with Crippen LogP contribution in [-0.2, 0) is 0 Å². The molecule has 0 fully saturated rings. The maximum absolute atomic E-state index is 2.45. The summed E-state index contributed by atoms with van der Waals surface area (Å²) in [6.45, 7) is 0. The number of hydrogen-bond acceptors (Lipinski definition) is 2. The van der Waals surface area contributed by atoms with Gasteiger partial charge in [0, 0.05) is 33.2 Å². The number of rotatable bonds is 14. The fourth-order valence-corrected chi connectivity index (χ4v) is 20.0. The fourth-order valence-electron chi connectivity index (χ4n) is 20.0. The largest absolute Gasteiger partial charge is 0.310 e. The van der Waals surface area contributed by atoms with Crippen molar-refractivity contribution in [3.05, 3.63) is 497 Å². The van der Waals surface area contributed by atoms with E-state index in [4.69, 9.17) is 0 Å². The molecule has 0 aliphatic rings. The lowest BCUT2D eigenvalue weighted by molar-refractivity contribution is 1.30. The molecule has 0 bridgehead atoms. The Kier molecular flexibility index (Phi) is 19.0. The van der Waals surface area contributed by atoms with E-state index in [-0.39, 0.29) is 0 Å².